The molecule has 0 aliphatic rings. The van der Waals surface area contributed by atoms with Crippen LogP contribution in [0, 0.1) is 0 Å². The molecule has 0 saturated heterocycles. The van der Waals surface area contributed by atoms with Crippen molar-refractivity contribution in [3.63, 3.8) is 0 Å². The molecule has 2 aromatic rings. The lowest BCUT2D eigenvalue weighted by atomic mass is 10.2. The minimum absolute atomic E-state index is 0.0315. The zero-order chi connectivity index (χ0) is 18.8. The molecule has 2 aromatic heterocycles. The number of halogens is 3. The third-order valence-electron chi connectivity index (χ3n) is 2.73. The molecule has 0 spiro atoms. The first-order valence-corrected chi connectivity index (χ1v) is 7.48. The van der Waals surface area contributed by atoms with Crippen molar-refractivity contribution < 1.29 is 18.3 Å². The van der Waals surface area contributed by atoms with Gasteiger partial charge in [0.15, 0.2) is 5.82 Å². The average molecular weight is 375 g/mol. The van der Waals surface area contributed by atoms with Gasteiger partial charge in [-0.2, -0.15) is 13.9 Å². The van der Waals surface area contributed by atoms with Crippen LogP contribution in [-0.4, -0.2) is 26.5 Å². The molecule has 0 atom stereocenters. The molecule has 8 nitrogen and oxygen atoms in total. The summed E-state index contributed by atoms with van der Waals surface area (Å²) in [6.45, 7) is 2.36. The van der Waals surface area contributed by atoms with Gasteiger partial charge in [0, 0.05) is 6.07 Å². The van der Waals surface area contributed by atoms with Crippen LogP contribution in [0.1, 0.15) is 27.3 Å². The van der Waals surface area contributed by atoms with Gasteiger partial charge in [-0.25, -0.2) is 14.5 Å². The molecule has 0 aliphatic heterocycles. The van der Waals surface area contributed by atoms with Crippen molar-refractivity contribution in [2.24, 2.45) is 0 Å². The summed E-state index contributed by atoms with van der Waals surface area (Å²) in [7, 11) is 0. The van der Waals surface area contributed by atoms with Crippen LogP contribution in [-0.2, 0) is 4.74 Å². The van der Waals surface area contributed by atoms with Crippen LogP contribution in [0.4, 0.5) is 36.5 Å². The van der Waals surface area contributed by atoms with Gasteiger partial charge in [-0.15, -0.1) is 0 Å². The van der Waals surface area contributed by atoms with Crippen LogP contribution in [0.25, 0.3) is 0 Å². The Hall–Kier alpha value is -2.62. The van der Waals surface area contributed by atoms with Gasteiger partial charge in [-0.3, -0.25) is 5.32 Å². The molecule has 2 heterocycles. The number of amides is 1. The fourth-order valence-electron chi connectivity index (χ4n) is 1.78. The largest absolute Gasteiger partial charge is 0.444 e. The van der Waals surface area contributed by atoms with E-state index in [1.165, 1.54) is 12.3 Å². The minimum atomic E-state index is -2.77. The summed E-state index contributed by atoms with van der Waals surface area (Å²) in [6, 6.07) is 1.34. The molecule has 25 heavy (non-hydrogen) atoms. The molecular formula is C14H17ClF2N6O2. The lowest BCUT2D eigenvalue weighted by Crippen LogP contribution is -2.27. The van der Waals surface area contributed by atoms with Crippen LogP contribution < -0.4 is 16.4 Å². The lowest BCUT2D eigenvalue weighted by molar-refractivity contribution is 0.0566. The second kappa shape index (κ2) is 7.09. The number of anilines is 4. The number of nitrogens with zero attached hydrogens (tertiary/aromatic N) is 3. The van der Waals surface area contributed by atoms with Crippen molar-refractivity contribution in [2.45, 2.75) is 32.9 Å². The SMILES string of the molecule is CC(C)(C)OC(=O)Nc1cc(Cl)nc(Nc2cnn(C(F)F)c2)c1N. The lowest BCUT2D eigenvalue weighted by Gasteiger charge is -2.20. The first-order chi connectivity index (χ1) is 11.5. The third kappa shape index (κ3) is 5.18. The number of nitrogens with one attached hydrogen (secondary N) is 2. The van der Waals surface area contributed by atoms with Crippen LogP contribution >= 0.6 is 11.6 Å². The fraction of sp³-hybridized carbons (Fsp3) is 0.357. The van der Waals surface area contributed by atoms with E-state index in [0.717, 1.165) is 6.20 Å². The number of carbonyl (C=O) groups excluding carboxylic acids is 1. The normalized spacial score (nSPS) is 11.5. The van der Waals surface area contributed by atoms with E-state index in [2.05, 4.69) is 20.7 Å². The fourth-order valence-corrected chi connectivity index (χ4v) is 1.98. The highest BCUT2D eigenvalue weighted by molar-refractivity contribution is 6.30. The molecule has 136 valence electrons. The van der Waals surface area contributed by atoms with Gasteiger partial charge in [-0.05, 0) is 20.8 Å². The first-order valence-electron chi connectivity index (χ1n) is 7.10. The highest BCUT2D eigenvalue weighted by Crippen LogP contribution is 2.31. The summed E-state index contributed by atoms with van der Waals surface area (Å²) in [6.07, 6.45) is 1.53. The van der Waals surface area contributed by atoms with E-state index in [4.69, 9.17) is 22.1 Å². The van der Waals surface area contributed by atoms with Gasteiger partial charge in [0.25, 0.3) is 0 Å². The molecular weight excluding hydrogens is 358 g/mol. The Morgan fingerprint density at radius 1 is 1.44 bits per heavy atom. The maximum Gasteiger partial charge on any atom is 0.412 e. The highest BCUT2D eigenvalue weighted by Gasteiger charge is 2.19. The Morgan fingerprint density at radius 2 is 2.12 bits per heavy atom. The molecule has 0 saturated carbocycles. The standard InChI is InChI=1S/C14H17ClF2N6O2/c1-14(2,3)25-13(24)21-8-4-9(15)22-11(10(8)18)20-7-5-19-23(6-7)12(16)17/h4-6,12H,18H2,1-3H3,(H2,20,21,22,24). The number of nitrogens with two attached hydrogens (primary N) is 1. The van der Waals surface area contributed by atoms with E-state index >= 15 is 0 Å². The Bertz CT molecular complexity index is 775. The average Bonchev–Trinajstić information content (AvgIpc) is 2.90. The molecule has 11 heteroatoms. The van der Waals surface area contributed by atoms with Crippen molar-refractivity contribution in [1.29, 1.82) is 0 Å². The van der Waals surface area contributed by atoms with Gasteiger partial charge < -0.3 is 15.8 Å². The van der Waals surface area contributed by atoms with E-state index in [1.807, 2.05) is 0 Å². The number of nitrogen functional groups attached to an aromatic ring is 1. The third-order valence-corrected chi connectivity index (χ3v) is 2.92. The number of rotatable bonds is 4. The van der Waals surface area contributed by atoms with E-state index in [0.29, 0.717) is 4.68 Å². The van der Waals surface area contributed by atoms with E-state index in [1.54, 1.807) is 20.8 Å². The molecule has 4 N–H and O–H groups in total. The number of hydrogen-bond acceptors (Lipinski definition) is 6. The predicted octanol–water partition coefficient (Wildman–Crippen LogP) is 4.00. The van der Waals surface area contributed by atoms with Gasteiger partial charge in [0.2, 0.25) is 0 Å². The summed E-state index contributed by atoms with van der Waals surface area (Å²) in [4.78, 5) is 15.8. The number of alkyl halides is 2. The number of ether oxygens (including phenoxy) is 1. The Labute approximate surface area is 147 Å². The zero-order valence-corrected chi connectivity index (χ0v) is 14.4. The number of aromatic nitrogens is 3. The zero-order valence-electron chi connectivity index (χ0n) is 13.7. The molecule has 0 unspecified atom stereocenters. The van der Waals surface area contributed by atoms with Crippen molar-refractivity contribution in [3.8, 4) is 0 Å². The number of pyridine rings is 1. The summed E-state index contributed by atoms with van der Waals surface area (Å²) < 4.78 is 30.7. The topological polar surface area (TPSA) is 107 Å². The number of carbonyl (C=O) groups is 1. The van der Waals surface area contributed by atoms with E-state index in [9.17, 15) is 13.6 Å². The van der Waals surface area contributed by atoms with E-state index in [-0.39, 0.29) is 28.0 Å². The maximum absolute atomic E-state index is 12.6. The molecule has 0 aromatic carbocycles. The van der Waals surface area contributed by atoms with Crippen LogP contribution in [0.3, 0.4) is 0 Å². The van der Waals surface area contributed by atoms with Crippen LogP contribution in [0.2, 0.25) is 5.15 Å². The second-order valence-electron chi connectivity index (χ2n) is 5.99. The highest BCUT2D eigenvalue weighted by atomic mass is 35.5. The van der Waals surface area contributed by atoms with E-state index < -0.39 is 18.2 Å². The monoisotopic (exact) mass is 374 g/mol. The Morgan fingerprint density at radius 3 is 2.68 bits per heavy atom. The summed E-state index contributed by atoms with van der Waals surface area (Å²) in [5.41, 5.74) is 5.70. The molecule has 0 radical (unpaired) electrons. The van der Waals surface area contributed by atoms with Crippen LogP contribution in [0.5, 0.6) is 0 Å². The Kier molecular flexibility index (Phi) is 5.31. The van der Waals surface area contributed by atoms with Gasteiger partial charge in [-0.1, -0.05) is 11.6 Å². The molecule has 0 aliphatic carbocycles. The first kappa shape index (κ1) is 18.7. The Balaban J connectivity index is 2.22. The van der Waals surface area contributed by atoms with Crippen LogP contribution in [0.15, 0.2) is 18.5 Å². The maximum atomic E-state index is 12.6. The van der Waals surface area contributed by atoms with Gasteiger partial charge >= 0.3 is 12.6 Å². The van der Waals surface area contributed by atoms with Crippen molar-refractivity contribution >= 4 is 40.6 Å². The molecule has 2 rings (SSSR count). The molecule has 0 fully saturated rings. The summed E-state index contributed by atoms with van der Waals surface area (Å²) in [5, 5.41) is 8.71. The van der Waals surface area contributed by atoms with Gasteiger partial charge in [0.1, 0.15) is 10.8 Å². The van der Waals surface area contributed by atoms with Gasteiger partial charge in [0.05, 0.1) is 29.5 Å². The van der Waals surface area contributed by atoms with Crippen molar-refractivity contribution in [1.82, 2.24) is 14.8 Å². The summed E-state index contributed by atoms with van der Waals surface area (Å²) >= 11 is 5.92. The smallest absolute Gasteiger partial charge is 0.412 e. The number of hydrogen-bond donors (Lipinski definition) is 3. The molecule has 0 bridgehead atoms. The second-order valence-corrected chi connectivity index (χ2v) is 6.38. The quantitative estimate of drug-likeness (QED) is 0.698. The molecule has 1 amide bonds. The predicted molar refractivity (Wildman–Crippen MR) is 90.3 cm³/mol. The minimum Gasteiger partial charge on any atom is -0.444 e. The van der Waals surface area contributed by atoms with Crippen molar-refractivity contribution in [3.05, 3.63) is 23.6 Å². The van der Waals surface area contributed by atoms with Crippen molar-refractivity contribution in [2.75, 3.05) is 16.4 Å². The summed E-state index contributed by atoms with van der Waals surface area (Å²) in [5.74, 6) is 0.0763.